The van der Waals surface area contributed by atoms with Crippen LogP contribution in [-0.2, 0) is 0 Å². The zero-order chi connectivity index (χ0) is 72.2. The van der Waals surface area contributed by atoms with E-state index in [1.165, 1.54) is 597 Å². The third-order valence-electron chi connectivity index (χ3n) is 23.9. The summed E-state index contributed by atoms with van der Waals surface area (Å²) in [4.78, 5) is 10.4. The molecule has 0 spiro atoms. The molecule has 0 aliphatic carbocycles. The van der Waals surface area contributed by atoms with Crippen molar-refractivity contribution in [2.75, 3.05) is 6.54 Å². The number of carbonyl (C=O) groups is 1. The van der Waals surface area contributed by atoms with Gasteiger partial charge in [0.15, 0.2) is 0 Å². The second-order valence-corrected chi connectivity index (χ2v) is 34.2. The normalized spacial score (nSPS) is 11.7. The molecule has 0 radical (unpaired) electrons. The van der Waals surface area contributed by atoms with E-state index in [4.69, 9.17) is 5.11 Å². The van der Waals surface area contributed by atoms with E-state index >= 15 is 0 Å². The summed E-state index contributed by atoms with van der Waals surface area (Å²) in [7, 11) is 0. The van der Waals surface area contributed by atoms with Crippen LogP contribution in [-0.4, -0.2) is 17.7 Å². The van der Waals surface area contributed by atoms with Crippen molar-refractivity contribution in [3.8, 4) is 0 Å². The average Bonchev–Trinajstić information content (AvgIpc) is 3.69. The van der Waals surface area contributed by atoms with Gasteiger partial charge in [-0.3, -0.25) is 5.43 Å². The van der Waals surface area contributed by atoms with E-state index in [-0.39, 0.29) is 0 Å². The Labute approximate surface area is 640 Å². The molecule has 1 amide bonds. The lowest BCUT2D eigenvalue weighted by Gasteiger charge is -2.05. The van der Waals surface area contributed by atoms with E-state index in [2.05, 4.69) is 17.8 Å². The first kappa shape index (κ1) is 100. The molecule has 3 N–H and O–H groups in total. The number of hydrogen-bond donors (Lipinski definition) is 3. The van der Waals surface area contributed by atoms with Gasteiger partial charge in [-0.05, 0) is 6.42 Å². The van der Waals surface area contributed by atoms with Crippen molar-refractivity contribution >= 4 is 6.09 Å². The van der Waals surface area contributed by atoms with Gasteiger partial charge in [-0.2, -0.15) is 0 Å². The summed E-state index contributed by atoms with van der Waals surface area (Å²) in [6.45, 7) is 3.04. The molecule has 0 bridgehead atoms. The molecule has 0 unspecified atom stereocenters. The minimum Gasteiger partial charge on any atom is -0.464 e. The van der Waals surface area contributed by atoms with E-state index in [9.17, 15) is 4.79 Å². The summed E-state index contributed by atoms with van der Waals surface area (Å²) in [6, 6.07) is 0. The van der Waals surface area contributed by atoms with Crippen molar-refractivity contribution in [2.24, 2.45) is 0 Å². The van der Waals surface area contributed by atoms with Crippen LogP contribution in [0.1, 0.15) is 610 Å². The molecule has 0 saturated heterocycles. The van der Waals surface area contributed by atoms with Gasteiger partial charge in [-0.25, -0.2) is 10.2 Å². The lowest BCUT2D eigenvalue weighted by atomic mass is 10.0. The molecule has 0 aromatic carbocycles. The molecule has 0 aromatic rings. The van der Waals surface area contributed by atoms with Crippen LogP contribution in [0.15, 0.2) is 0 Å². The minimum atomic E-state index is -1.01. The Kier molecular flexibility index (Phi) is 96.5. The van der Waals surface area contributed by atoms with Crippen molar-refractivity contribution in [2.45, 2.75) is 610 Å². The lowest BCUT2D eigenvalue weighted by molar-refractivity contribution is 0.189. The van der Waals surface area contributed by atoms with Gasteiger partial charge in [0, 0.05) is 6.54 Å². The molecule has 101 heavy (non-hydrogen) atoms. The smallest absolute Gasteiger partial charge is 0.419 e. The van der Waals surface area contributed by atoms with E-state index in [1.807, 2.05) is 0 Å². The molecule has 0 aliphatic rings. The number of unbranched alkanes of at least 4 members (excludes halogenated alkanes) is 93. The van der Waals surface area contributed by atoms with Crippen LogP contribution >= 0.6 is 0 Å². The lowest BCUT2D eigenvalue weighted by Crippen LogP contribution is -2.36. The first-order chi connectivity index (χ1) is 50.3. The van der Waals surface area contributed by atoms with Gasteiger partial charge in [0.1, 0.15) is 0 Å². The Balaban J connectivity index is 3.09. The van der Waals surface area contributed by atoms with E-state index in [1.54, 1.807) is 0 Å². The van der Waals surface area contributed by atoms with Gasteiger partial charge in [0.2, 0.25) is 0 Å². The van der Waals surface area contributed by atoms with Gasteiger partial charge in [0.25, 0.3) is 0 Å². The number of amides is 1. The van der Waals surface area contributed by atoms with E-state index in [0.717, 1.165) is 13.0 Å². The van der Waals surface area contributed by atoms with Crippen LogP contribution in [0.25, 0.3) is 0 Å². The Bertz CT molecular complexity index is 1400. The molecule has 0 rings (SSSR count). The summed E-state index contributed by atoms with van der Waals surface area (Å²) in [5.41, 5.74) is 4.93. The Morgan fingerprint density at radius 3 is 0.307 bits per heavy atom. The van der Waals surface area contributed by atoms with Crippen molar-refractivity contribution in [1.29, 1.82) is 0 Å². The first-order valence-corrected chi connectivity index (χ1v) is 49.0. The van der Waals surface area contributed by atoms with Crippen molar-refractivity contribution < 1.29 is 9.90 Å². The van der Waals surface area contributed by atoms with Gasteiger partial charge < -0.3 is 5.11 Å². The second-order valence-electron chi connectivity index (χ2n) is 34.2. The van der Waals surface area contributed by atoms with Gasteiger partial charge >= 0.3 is 6.09 Å². The maximum atomic E-state index is 10.4. The molecule has 0 saturated carbocycles. The molecule has 0 fully saturated rings. The summed E-state index contributed by atoms with van der Waals surface area (Å²) in [5.74, 6) is 0. The molecule has 0 aliphatic heterocycles. The molecule has 0 atom stereocenters. The third kappa shape index (κ3) is 99.2. The molecule has 4 nitrogen and oxygen atoms in total. The topological polar surface area (TPSA) is 61.4 Å². The second kappa shape index (κ2) is 97.2. The van der Waals surface area contributed by atoms with Crippen LogP contribution in [0.4, 0.5) is 4.79 Å². The molecule has 606 valence electrons. The Hall–Kier alpha value is -0.770. The van der Waals surface area contributed by atoms with Crippen LogP contribution < -0.4 is 10.9 Å². The van der Waals surface area contributed by atoms with Gasteiger partial charge in [0.05, 0.1) is 0 Å². The predicted octanol–water partition coefficient (Wildman–Crippen LogP) is 36.4. The Morgan fingerprint density at radius 1 is 0.149 bits per heavy atom. The van der Waals surface area contributed by atoms with Crippen molar-refractivity contribution in [3.63, 3.8) is 0 Å². The Morgan fingerprint density at radius 2 is 0.228 bits per heavy atom. The molecular formula is C97H196N2O2. The number of nitrogens with one attached hydrogen (secondary N) is 2. The standard InChI is InChI=1S/C97H196N2O2/c1-2-3-4-5-6-7-8-9-10-11-12-13-14-15-16-17-18-19-20-21-22-23-24-25-26-27-28-29-30-31-32-33-34-35-36-37-38-39-40-41-42-43-44-45-46-47-48-49-50-51-52-53-54-55-56-57-58-59-60-61-62-63-64-65-66-67-68-69-70-71-72-73-74-75-76-77-78-79-80-81-82-83-84-85-86-87-88-89-90-91-92-93-94-95-96-98-99-97(100)101/h98-99H,2-96H2,1H3,(H,100,101). The number of hydrazine groups is 1. The van der Waals surface area contributed by atoms with Crippen LogP contribution in [0.5, 0.6) is 0 Å². The van der Waals surface area contributed by atoms with Gasteiger partial charge in [-0.1, -0.05) is 604 Å². The highest BCUT2D eigenvalue weighted by Crippen LogP contribution is 2.23. The van der Waals surface area contributed by atoms with Crippen molar-refractivity contribution in [1.82, 2.24) is 10.9 Å². The fourth-order valence-electron chi connectivity index (χ4n) is 16.7. The highest BCUT2D eigenvalue weighted by atomic mass is 16.4. The fourth-order valence-corrected chi connectivity index (χ4v) is 16.7. The minimum absolute atomic E-state index is 0.728. The zero-order valence-corrected chi connectivity index (χ0v) is 70.5. The summed E-state index contributed by atoms with van der Waals surface area (Å²) in [6.07, 6.45) is 137. The molecule has 0 aromatic heterocycles. The van der Waals surface area contributed by atoms with E-state index < -0.39 is 6.09 Å². The SMILES string of the molecule is CCCCCCCCCCCCCCCCCCCCCCCCCCCCCCCCCCCCCCCCCCCCCCCCCCCCCCCCCCCCCCCCCCCCCCCCCCCCCCCCCCCCCCCCCCCCCCCCNNC(=O)O. The highest BCUT2D eigenvalue weighted by Gasteiger charge is 2.04. The number of rotatable bonds is 96. The maximum Gasteiger partial charge on any atom is 0.419 e. The van der Waals surface area contributed by atoms with Crippen LogP contribution in [0.2, 0.25) is 0 Å². The van der Waals surface area contributed by atoms with Gasteiger partial charge in [-0.15, -0.1) is 0 Å². The number of carboxylic acid groups (broad SMARTS) is 1. The molecule has 0 heterocycles. The predicted molar refractivity (Wildman–Crippen MR) is 459 cm³/mol. The fraction of sp³-hybridized carbons (Fsp3) is 0.990. The largest absolute Gasteiger partial charge is 0.464 e. The van der Waals surface area contributed by atoms with Crippen LogP contribution in [0, 0.1) is 0 Å². The summed E-state index contributed by atoms with van der Waals surface area (Å²) >= 11 is 0. The van der Waals surface area contributed by atoms with E-state index in [0.29, 0.717) is 0 Å². The van der Waals surface area contributed by atoms with Crippen LogP contribution in [0.3, 0.4) is 0 Å². The monoisotopic (exact) mass is 1420 g/mol. The number of hydrogen-bond acceptors (Lipinski definition) is 2. The third-order valence-corrected chi connectivity index (χ3v) is 23.9. The highest BCUT2D eigenvalue weighted by molar-refractivity contribution is 5.63. The zero-order valence-electron chi connectivity index (χ0n) is 70.5. The summed E-state index contributed by atoms with van der Waals surface area (Å²) < 4.78 is 0. The summed E-state index contributed by atoms with van der Waals surface area (Å²) in [5, 5.41) is 8.53. The maximum absolute atomic E-state index is 10.4. The average molecular weight is 1420 g/mol. The first-order valence-electron chi connectivity index (χ1n) is 49.0. The van der Waals surface area contributed by atoms with Crippen molar-refractivity contribution in [3.05, 3.63) is 0 Å². The quantitative estimate of drug-likeness (QED) is 0.0420. The molecule has 4 heteroatoms. The molecular weight excluding hydrogens is 1230 g/mol.